The predicted molar refractivity (Wildman–Crippen MR) is 94.0 cm³/mol. The Morgan fingerprint density at radius 3 is 2.39 bits per heavy atom. The maximum atomic E-state index is 11.8. The van der Waals surface area contributed by atoms with Crippen LogP contribution >= 0.6 is 24.0 Å². The molecule has 0 aromatic heterocycles. The van der Waals surface area contributed by atoms with E-state index in [0.29, 0.717) is 36.0 Å². The maximum absolute atomic E-state index is 11.8. The highest BCUT2D eigenvalue weighted by Gasteiger charge is 2.25. The number of nitrogens with one attached hydrogen (secondary N) is 2. The number of halogens is 2. The largest absolute Gasteiger partial charge is 0.354 e. The minimum Gasteiger partial charge on any atom is -0.354 e. The highest BCUT2D eigenvalue weighted by Crippen LogP contribution is 2.26. The molecule has 5 nitrogen and oxygen atoms in total. The van der Waals surface area contributed by atoms with Crippen LogP contribution in [0.3, 0.4) is 0 Å². The van der Waals surface area contributed by atoms with Crippen molar-refractivity contribution in [2.45, 2.75) is 31.7 Å². The van der Waals surface area contributed by atoms with E-state index in [4.69, 9.17) is 17.3 Å². The second-order valence-corrected chi connectivity index (χ2v) is 6.11. The van der Waals surface area contributed by atoms with Gasteiger partial charge in [-0.05, 0) is 43.0 Å². The van der Waals surface area contributed by atoms with E-state index in [1.807, 2.05) is 0 Å². The van der Waals surface area contributed by atoms with Crippen LogP contribution in [0.2, 0.25) is 5.02 Å². The number of hydrogen-bond acceptors (Lipinski definition) is 3. The molecule has 23 heavy (non-hydrogen) atoms. The highest BCUT2D eigenvalue weighted by molar-refractivity contribution is 6.30. The van der Waals surface area contributed by atoms with Gasteiger partial charge in [0.25, 0.3) is 5.91 Å². The Labute approximate surface area is 147 Å². The third-order valence-corrected chi connectivity index (χ3v) is 4.26. The standard InChI is InChI=1S/C16H22ClN3O2.ClH/c17-13-6-4-11(5-7-13)16(22)20-9-8-19-15(21)10-12-2-1-3-14(12)18;/h4-7,12,14H,1-3,8-10,18H2,(H,19,21)(H,20,22);1H/t12-,14+;/m0./s1. The molecule has 1 fully saturated rings. The second-order valence-electron chi connectivity index (χ2n) is 5.67. The fourth-order valence-corrected chi connectivity index (χ4v) is 2.84. The fraction of sp³-hybridized carbons (Fsp3) is 0.500. The third kappa shape index (κ3) is 6.37. The van der Waals surface area contributed by atoms with Crippen molar-refractivity contribution in [3.63, 3.8) is 0 Å². The molecule has 128 valence electrons. The normalized spacial score (nSPS) is 19.7. The first-order valence-corrected chi connectivity index (χ1v) is 8.00. The first-order chi connectivity index (χ1) is 10.6. The smallest absolute Gasteiger partial charge is 0.251 e. The lowest BCUT2D eigenvalue weighted by atomic mass is 10.00. The Morgan fingerprint density at radius 2 is 1.78 bits per heavy atom. The third-order valence-electron chi connectivity index (χ3n) is 4.00. The zero-order valence-corrected chi connectivity index (χ0v) is 14.5. The lowest BCUT2D eigenvalue weighted by Gasteiger charge is -2.14. The second kappa shape index (κ2) is 9.75. The van der Waals surface area contributed by atoms with Gasteiger partial charge in [-0.15, -0.1) is 12.4 Å². The molecule has 0 spiro atoms. The molecule has 1 saturated carbocycles. The molecule has 0 saturated heterocycles. The topological polar surface area (TPSA) is 84.2 Å². The summed E-state index contributed by atoms with van der Waals surface area (Å²) >= 11 is 5.77. The summed E-state index contributed by atoms with van der Waals surface area (Å²) in [5.41, 5.74) is 6.50. The van der Waals surface area contributed by atoms with Gasteiger partial charge in [-0.2, -0.15) is 0 Å². The molecule has 1 aliphatic carbocycles. The van der Waals surface area contributed by atoms with E-state index in [-0.39, 0.29) is 30.3 Å². The Kier molecular flexibility index (Phi) is 8.37. The van der Waals surface area contributed by atoms with Gasteiger partial charge < -0.3 is 16.4 Å². The van der Waals surface area contributed by atoms with E-state index in [9.17, 15) is 9.59 Å². The van der Waals surface area contributed by atoms with E-state index in [2.05, 4.69) is 10.6 Å². The summed E-state index contributed by atoms with van der Waals surface area (Å²) in [6.07, 6.45) is 3.62. The molecule has 7 heteroatoms. The maximum Gasteiger partial charge on any atom is 0.251 e. The van der Waals surface area contributed by atoms with E-state index in [1.54, 1.807) is 24.3 Å². The van der Waals surface area contributed by atoms with Crippen molar-refractivity contribution in [3.05, 3.63) is 34.9 Å². The van der Waals surface area contributed by atoms with Crippen LogP contribution in [0.15, 0.2) is 24.3 Å². The first kappa shape index (κ1) is 19.7. The number of carbonyl (C=O) groups excluding carboxylic acids is 2. The number of rotatable bonds is 6. The number of amides is 2. The summed E-state index contributed by atoms with van der Waals surface area (Å²) in [4.78, 5) is 23.6. The summed E-state index contributed by atoms with van der Waals surface area (Å²) in [5, 5.41) is 6.16. The van der Waals surface area contributed by atoms with Crippen LogP contribution in [-0.4, -0.2) is 30.9 Å². The predicted octanol–water partition coefficient (Wildman–Crippen LogP) is 2.13. The summed E-state index contributed by atoms with van der Waals surface area (Å²) in [6.45, 7) is 0.810. The molecule has 0 bridgehead atoms. The van der Waals surface area contributed by atoms with Crippen LogP contribution in [0.5, 0.6) is 0 Å². The molecule has 1 aromatic carbocycles. The van der Waals surface area contributed by atoms with Gasteiger partial charge in [-0.1, -0.05) is 18.0 Å². The van der Waals surface area contributed by atoms with E-state index < -0.39 is 0 Å². The highest BCUT2D eigenvalue weighted by atomic mass is 35.5. The Balaban J connectivity index is 0.00000264. The number of nitrogens with two attached hydrogens (primary N) is 1. The van der Waals surface area contributed by atoms with Gasteiger partial charge in [-0.25, -0.2) is 0 Å². The number of carbonyl (C=O) groups is 2. The molecular weight excluding hydrogens is 337 g/mol. The van der Waals surface area contributed by atoms with Crippen LogP contribution in [0, 0.1) is 5.92 Å². The molecule has 2 atom stereocenters. The van der Waals surface area contributed by atoms with E-state index >= 15 is 0 Å². The Hall–Kier alpha value is -1.30. The van der Waals surface area contributed by atoms with Gasteiger partial charge in [0.05, 0.1) is 0 Å². The van der Waals surface area contributed by atoms with Gasteiger partial charge in [0.2, 0.25) is 5.91 Å². The van der Waals surface area contributed by atoms with Crippen molar-refractivity contribution < 1.29 is 9.59 Å². The van der Waals surface area contributed by atoms with Crippen molar-refractivity contribution in [1.82, 2.24) is 10.6 Å². The monoisotopic (exact) mass is 359 g/mol. The average Bonchev–Trinajstić information content (AvgIpc) is 2.89. The summed E-state index contributed by atoms with van der Waals surface area (Å²) in [6, 6.07) is 6.82. The molecule has 0 aliphatic heterocycles. The fourth-order valence-electron chi connectivity index (χ4n) is 2.71. The first-order valence-electron chi connectivity index (χ1n) is 7.62. The van der Waals surface area contributed by atoms with Crippen LogP contribution < -0.4 is 16.4 Å². The van der Waals surface area contributed by atoms with Crippen molar-refractivity contribution >= 4 is 35.8 Å². The van der Waals surface area contributed by atoms with Crippen molar-refractivity contribution in [2.24, 2.45) is 11.7 Å². The Morgan fingerprint density at radius 1 is 1.13 bits per heavy atom. The molecule has 0 heterocycles. The quantitative estimate of drug-likeness (QED) is 0.680. The SMILES string of the molecule is Cl.N[C@@H]1CCC[C@H]1CC(=O)NCCNC(=O)c1ccc(Cl)cc1. The van der Waals surface area contributed by atoms with Crippen LogP contribution in [0.4, 0.5) is 0 Å². The molecular formula is C16H23Cl2N3O2. The minimum absolute atomic E-state index is 0. The molecule has 0 radical (unpaired) electrons. The van der Waals surface area contributed by atoms with Crippen LogP contribution in [0.25, 0.3) is 0 Å². The molecule has 0 unspecified atom stereocenters. The zero-order valence-electron chi connectivity index (χ0n) is 12.9. The van der Waals surface area contributed by atoms with Crippen LogP contribution in [-0.2, 0) is 4.79 Å². The molecule has 1 aliphatic rings. The van der Waals surface area contributed by atoms with Gasteiger partial charge in [0, 0.05) is 36.1 Å². The van der Waals surface area contributed by atoms with Gasteiger partial charge in [-0.3, -0.25) is 9.59 Å². The minimum atomic E-state index is -0.177. The lowest BCUT2D eigenvalue weighted by Crippen LogP contribution is -2.36. The molecule has 2 amide bonds. The van der Waals surface area contributed by atoms with Gasteiger partial charge >= 0.3 is 0 Å². The average molecular weight is 360 g/mol. The lowest BCUT2D eigenvalue weighted by molar-refractivity contribution is -0.122. The number of hydrogen-bond donors (Lipinski definition) is 3. The molecule has 2 rings (SSSR count). The molecule has 4 N–H and O–H groups in total. The Bertz CT molecular complexity index is 523. The summed E-state index contributed by atoms with van der Waals surface area (Å²) in [5.74, 6) is 0.121. The van der Waals surface area contributed by atoms with Gasteiger partial charge in [0.15, 0.2) is 0 Å². The number of benzene rings is 1. The zero-order chi connectivity index (χ0) is 15.9. The van der Waals surface area contributed by atoms with Crippen molar-refractivity contribution in [3.8, 4) is 0 Å². The van der Waals surface area contributed by atoms with Crippen molar-refractivity contribution in [2.75, 3.05) is 13.1 Å². The van der Waals surface area contributed by atoms with Gasteiger partial charge in [0.1, 0.15) is 0 Å². The van der Waals surface area contributed by atoms with Crippen molar-refractivity contribution in [1.29, 1.82) is 0 Å². The van der Waals surface area contributed by atoms with E-state index in [1.165, 1.54) is 0 Å². The summed E-state index contributed by atoms with van der Waals surface area (Å²) < 4.78 is 0. The van der Waals surface area contributed by atoms with E-state index in [0.717, 1.165) is 19.3 Å². The van der Waals surface area contributed by atoms with Crippen LogP contribution in [0.1, 0.15) is 36.0 Å². The molecule has 1 aromatic rings. The summed E-state index contributed by atoms with van der Waals surface area (Å²) in [7, 11) is 0.